The Morgan fingerprint density at radius 1 is 1.19 bits per heavy atom. The Morgan fingerprint density at radius 3 is 2.77 bits per heavy atom. The SMILES string of the molecule is O=C(Cn1cnc2ccccc2c1=O)N1CCN(CC2CCCO2)CC1. The molecule has 1 amide bonds. The van der Waals surface area contributed by atoms with Crippen LogP contribution >= 0.6 is 0 Å². The van der Waals surface area contributed by atoms with Gasteiger partial charge in [0.15, 0.2) is 0 Å². The highest BCUT2D eigenvalue weighted by atomic mass is 16.5. The molecule has 0 radical (unpaired) electrons. The molecule has 4 rings (SSSR count). The van der Waals surface area contributed by atoms with Gasteiger partial charge in [0, 0.05) is 39.3 Å². The Bertz CT molecular complexity index is 836. The molecule has 1 atom stereocenters. The number of benzene rings is 1. The normalized spacial score (nSPS) is 21.4. The summed E-state index contributed by atoms with van der Waals surface area (Å²) < 4.78 is 7.10. The lowest BCUT2D eigenvalue weighted by Gasteiger charge is -2.35. The molecule has 0 aliphatic carbocycles. The summed E-state index contributed by atoms with van der Waals surface area (Å²) >= 11 is 0. The first-order valence-electron chi connectivity index (χ1n) is 9.26. The summed E-state index contributed by atoms with van der Waals surface area (Å²) in [7, 11) is 0. The van der Waals surface area contributed by atoms with Crippen molar-refractivity contribution in [1.82, 2.24) is 19.4 Å². The molecule has 2 saturated heterocycles. The molecule has 0 bridgehead atoms. The number of amides is 1. The zero-order chi connectivity index (χ0) is 17.9. The zero-order valence-electron chi connectivity index (χ0n) is 14.8. The van der Waals surface area contributed by atoms with E-state index in [4.69, 9.17) is 4.74 Å². The number of aromatic nitrogens is 2. The van der Waals surface area contributed by atoms with Crippen LogP contribution in [-0.2, 0) is 16.1 Å². The van der Waals surface area contributed by atoms with Crippen LogP contribution < -0.4 is 5.56 Å². The van der Waals surface area contributed by atoms with Crippen LogP contribution in [0.4, 0.5) is 0 Å². The van der Waals surface area contributed by atoms with Crippen molar-refractivity contribution in [1.29, 1.82) is 0 Å². The Hall–Kier alpha value is -2.25. The summed E-state index contributed by atoms with van der Waals surface area (Å²) in [5, 5.41) is 0.546. The summed E-state index contributed by atoms with van der Waals surface area (Å²) in [5.41, 5.74) is 0.491. The Morgan fingerprint density at radius 2 is 2.00 bits per heavy atom. The first-order chi connectivity index (χ1) is 12.7. The third-order valence-electron chi connectivity index (χ3n) is 5.25. The quantitative estimate of drug-likeness (QED) is 0.808. The average molecular weight is 356 g/mol. The number of ether oxygens (including phenoxy) is 1. The molecule has 0 saturated carbocycles. The second-order valence-corrected chi connectivity index (χ2v) is 7.01. The minimum Gasteiger partial charge on any atom is -0.377 e. The monoisotopic (exact) mass is 356 g/mol. The third kappa shape index (κ3) is 3.64. The van der Waals surface area contributed by atoms with Crippen molar-refractivity contribution >= 4 is 16.8 Å². The van der Waals surface area contributed by atoms with Gasteiger partial charge in [-0.2, -0.15) is 0 Å². The fourth-order valence-electron chi connectivity index (χ4n) is 3.72. The first-order valence-corrected chi connectivity index (χ1v) is 9.26. The lowest BCUT2D eigenvalue weighted by molar-refractivity contribution is -0.133. The lowest BCUT2D eigenvalue weighted by Crippen LogP contribution is -2.51. The largest absolute Gasteiger partial charge is 0.377 e. The van der Waals surface area contributed by atoms with Crippen LogP contribution in [0.1, 0.15) is 12.8 Å². The van der Waals surface area contributed by atoms with Crippen molar-refractivity contribution in [3.63, 3.8) is 0 Å². The summed E-state index contributed by atoms with van der Waals surface area (Å²) in [6, 6.07) is 7.21. The van der Waals surface area contributed by atoms with Crippen molar-refractivity contribution in [2.24, 2.45) is 0 Å². The van der Waals surface area contributed by atoms with Crippen molar-refractivity contribution in [3.8, 4) is 0 Å². The maximum atomic E-state index is 12.6. The van der Waals surface area contributed by atoms with Crippen molar-refractivity contribution in [3.05, 3.63) is 40.9 Å². The molecule has 3 heterocycles. The molecule has 0 spiro atoms. The molecule has 2 fully saturated rings. The van der Waals surface area contributed by atoms with Gasteiger partial charge in [0.2, 0.25) is 5.91 Å². The molecule has 26 heavy (non-hydrogen) atoms. The number of carbonyl (C=O) groups is 1. The van der Waals surface area contributed by atoms with E-state index in [-0.39, 0.29) is 18.0 Å². The zero-order valence-corrected chi connectivity index (χ0v) is 14.8. The molecule has 2 aromatic rings. The minimum absolute atomic E-state index is 0.0269. The van der Waals surface area contributed by atoms with Gasteiger partial charge in [-0.1, -0.05) is 12.1 Å². The number of para-hydroxylation sites is 1. The maximum Gasteiger partial charge on any atom is 0.261 e. The number of rotatable bonds is 4. The minimum atomic E-state index is -0.166. The van der Waals surface area contributed by atoms with Gasteiger partial charge in [-0.15, -0.1) is 0 Å². The molecule has 1 unspecified atom stereocenters. The number of carbonyl (C=O) groups excluding carboxylic acids is 1. The van der Waals surface area contributed by atoms with Gasteiger partial charge in [-0.3, -0.25) is 19.1 Å². The van der Waals surface area contributed by atoms with E-state index in [9.17, 15) is 9.59 Å². The number of hydrogen-bond acceptors (Lipinski definition) is 5. The van der Waals surface area contributed by atoms with Crippen molar-refractivity contribution in [2.45, 2.75) is 25.5 Å². The number of nitrogens with zero attached hydrogens (tertiary/aromatic N) is 4. The first kappa shape index (κ1) is 17.2. The molecule has 1 aromatic carbocycles. The van der Waals surface area contributed by atoms with E-state index in [2.05, 4.69) is 9.88 Å². The molecule has 2 aliphatic rings. The Labute approximate surface area is 152 Å². The summed E-state index contributed by atoms with van der Waals surface area (Å²) in [4.78, 5) is 33.6. The molecular weight excluding hydrogens is 332 g/mol. The van der Waals surface area contributed by atoms with E-state index in [1.807, 2.05) is 17.0 Å². The second-order valence-electron chi connectivity index (χ2n) is 7.01. The summed E-state index contributed by atoms with van der Waals surface area (Å²) in [6.45, 7) is 4.98. The van der Waals surface area contributed by atoms with Crippen LogP contribution in [0.15, 0.2) is 35.4 Å². The smallest absolute Gasteiger partial charge is 0.261 e. The van der Waals surface area contributed by atoms with Crippen LogP contribution in [0, 0.1) is 0 Å². The number of hydrogen-bond donors (Lipinski definition) is 0. The number of piperazine rings is 1. The molecule has 2 aliphatic heterocycles. The van der Waals surface area contributed by atoms with E-state index in [1.165, 1.54) is 10.9 Å². The van der Waals surface area contributed by atoms with E-state index in [1.54, 1.807) is 12.1 Å². The van der Waals surface area contributed by atoms with Gasteiger partial charge in [0.05, 0.1) is 23.3 Å². The molecule has 1 aromatic heterocycles. The van der Waals surface area contributed by atoms with Gasteiger partial charge in [0.1, 0.15) is 6.54 Å². The van der Waals surface area contributed by atoms with Gasteiger partial charge < -0.3 is 9.64 Å². The van der Waals surface area contributed by atoms with Crippen molar-refractivity contribution < 1.29 is 9.53 Å². The number of fused-ring (bicyclic) bond motifs is 1. The van der Waals surface area contributed by atoms with Gasteiger partial charge in [-0.05, 0) is 25.0 Å². The highest BCUT2D eigenvalue weighted by Crippen LogP contribution is 2.14. The third-order valence-corrected chi connectivity index (χ3v) is 5.25. The fraction of sp³-hybridized carbons (Fsp3) is 0.526. The van der Waals surface area contributed by atoms with Crippen LogP contribution in [0.5, 0.6) is 0 Å². The molecule has 7 heteroatoms. The van der Waals surface area contributed by atoms with E-state index >= 15 is 0 Å². The van der Waals surface area contributed by atoms with Crippen LogP contribution in [0.3, 0.4) is 0 Å². The topological polar surface area (TPSA) is 67.7 Å². The fourth-order valence-corrected chi connectivity index (χ4v) is 3.72. The van der Waals surface area contributed by atoms with E-state index in [0.29, 0.717) is 30.1 Å². The lowest BCUT2D eigenvalue weighted by atomic mass is 10.2. The molecule has 7 nitrogen and oxygen atoms in total. The highest BCUT2D eigenvalue weighted by Gasteiger charge is 2.25. The van der Waals surface area contributed by atoms with Crippen LogP contribution in [0.25, 0.3) is 10.9 Å². The Balaban J connectivity index is 1.35. The van der Waals surface area contributed by atoms with Crippen LogP contribution in [-0.4, -0.2) is 70.7 Å². The van der Waals surface area contributed by atoms with Gasteiger partial charge in [0.25, 0.3) is 5.56 Å². The maximum absolute atomic E-state index is 12.6. The predicted octanol–water partition coefficient (Wildman–Crippen LogP) is 0.720. The molecular formula is C19H24N4O3. The van der Waals surface area contributed by atoms with E-state index in [0.717, 1.165) is 39.1 Å². The highest BCUT2D eigenvalue weighted by molar-refractivity contribution is 5.79. The van der Waals surface area contributed by atoms with Crippen LogP contribution in [0.2, 0.25) is 0 Å². The summed E-state index contributed by atoms with van der Waals surface area (Å²) in [6.07, 6.45) is 4.10. The molecule has 0 N–H and O–H groups in total. The van der Waals surface area contributed by atoms with Gasteiger partial charge >= 0.3 is 0 Å². The van der Waals surface area contributed by atoms with Crippen molar-refractivity contribution in [2.75, 3.05) is 39.3 Å². The predicted molar refractivity (Wildman–Crippen MR) is 98.0 cm³/mol. The molecule has 138 valence electrons. The summed E-state index contributed by atoms with van der Waals surface area (Å²) in [5.74, 6) is -0.0269. The second kappa shape index (κ2) is 7.55. The van der Waals surface area contributed by atoms with Gasteiger partial charge in [-0.25, -0.2) is 4.98 Å². The standard InChI is InChI=1S/C19H24N4O3/c24-18(13-23-14-20-17-6-2-1-5-16(17)19(23)25)22-9-7-21(8-10-22)12-15-4-3-11-26-15/h1-2,5-6,14-15H,3-4,7-13H2. The average Bonchev–Trinajstić information content (AvgIpc) is 3.18. The Kier molecular flexibility index (Phi) is 4.99. The van der Waals surface area contributed by atoms with E-state index < -0.39 is 0 Å².